The van der Waals surface area contributed by atoms with Gasteiger partial charge in [0.05, 0.1) is 4.88 Å². The maximum Gasteiger partial charge on any atom is 0.197 e. The molecule has 4 heteroatoms. The molecule has 1 heterocycles. The zero-order valence-corrected chi connectivity index (χ0v) is 12.8. The molecule has 0 amide bonds. The minimum atomic E-state index is -0.279. The highest BCUT2D eigenvalue weighted by atomic mass is 32.1. The first-order chi connectivity index (χ1) is 10.2. The molecular formula is C17H18FNOS. The van der Waals surface area contributed by atoms with E-state index >= 15 is 0 Å². The van der Waals surface area contributed by atoms with Crippen LogP contribution in [-0.2, 0) is 6.42 Å². The molecule has 0 spiro atoms. The van der Waals surface area contributed by atoms with Crippen LogP contribution in [0.1, 0.15) is 34.3 Å². The molecule has 0 aliphatic rings. The number of thiophene rings is 1. The number of anilines is 1. The van der Waals surface area contributed by atoms with Crippen LogP contribution >= 0.6 is 11.3 Å². The van der Waals surface area contributed by atoms with Crippen molar-refractivity contribution in [3.8, 4) is 0 Å². The molecule has 1 N–H and O–H groups in total. The van der Waals surface area contributed by atoms with Crippen LogP contribution in [0.4, 0.5) is 10.1 Å². The molecule has 110 valence electrons. The monoisotopic (exact) mass is 303 g/mol. The lowest BCUT2D eigenvalue weighted by Crippen LogP contribution is -1.93. The number of ketones is 1. The number of allylic oxidation sites excluding steroid dienone is 1. The lowest BCUT2D eigenvalue weighted by Gasteiger charge is -1.99. The Morgan fingerprint density at radius 2 is 2.00 bits per heavy atom. The van der Waals surface area contributed by atoms with Crippen molar-refractivity contribution in [2.45, 2.75) is 26.2 Å². The predicted octanol–water partition coefficient (Wildman–Crippen LogP) is 5.04. The summed E-state index contributed by atoms with van der Waals surface area (Å²) in [6.45, 7) is 2.16. The van der Waals surface area contributed by atoms with Crippen molar-refractivity contribution in [2.75, 3.05) is 5.32 Å². The lowest BCUT2D eigenvalue weighted by atomic mass is 10.2. The maximum atomic E-state index is 12.8. The van der Waals surface area contributed by atoms with E-state index in [4.69, 9.17) is 0 Å². The zero-order chi connectivity index (χ0) is 15.1. The van der Waals surface area contributed by atoms with Crippen LogP contribution in [0.5, 0.6) is 0 Å². The molecule has 0 saturated heterocycles. The van der Waals surface area contributed by atoms with E-state index in [2.05, 4.69) is 12.2 Å². The normalized spacial score (nSPS) is 11.0. The number of carbonyl (C=O) groups excluding carboxylic acids is 1. The van der Waals surface area contributed by atoms with Crippen molar-refractivity contribution < 1.29 is 9.18 Å². The smallest absolute Gasteiger partial charge is 0.197 e. The van der Waals surface area contributed by atoms with Crippen molar-refractivity contribution in [3.05, 3.63) is 64.2 Å². The quantitative estimate of drug-likeness (QED) is 0.573. The van der Waals surface area contributed by atoms with Gasteiger partial charge in [-0.2, -0.15) is 0 Å². The molecule has 0 aliphatic heterocycles. The van der Waals surface area contributed by atoms with Crippen LogP contribution in [0.3, 0.4) is 0 Å². The molecule has 21 heavy (non-hydrogen) atoms. The molecule has 0 radical (unpaired) electrons. The second-order valence-corrected chi connectivity index (χ2v) is 5.89. The van der Waals surface area contributed by atoms with E-state index in [1.54, 1.807) is 29.7 Å². The fourth-order valence-corrected chi connectivity index (χ4v) is 2.81. The van der Waals surface area contributed by atoms with Gasteiger partial charge in [0.15, 0.2) is 5.78 Å². The third kappa shape index (κ3) is 4.83. The fraction of sp³-hybridized carbons (Fsp3) is 0.235. The van der Waals surface area contributed by atoms with Gasteiger partial charge >= 0.3 is 0 Å². The topological polar surface area (TPSA) is 29.1 Å². The zero-order valence-electron chi connectivity index (χ0n) is 11.9. The molecule has 0 aliphatic carbocycles. The van der Waals surface area contributed by atoms with Gasteiger partial charge in [0.2, 0.25) is 0 Å². The molecule has 2 nitrogen and oxygen atoms in total. The van der Waals surface area contributed by atoms with Gasteiger partial charge in [0.25, 0.3) is 0 Å². The average molecular weight is 303 g/mol. The summed E-state index contributed by atoms with van der Waals surface area (Å²) in [5.74, 6) is -0.295. The number of rotatable bonds is 7. The molecule has 0 bridgehead atoms. The molecule has 0 fully saturated rings. The Morgan fingerprint density at radius 1 is 1.24 bits per heavy atom. The van der Waals surface area contributed by atoms with E-state index in [1.165, 1.54) is 23.1 Å². The van der Waals surface area contributed by atoms with E-state index in [-0.39, 0.29) is 11.6 Å². The molecular weight excluding hydrogens is 285 g/mol. The Kier molecular flexibility index (Phi) is 5.69. The number of unbranched alkanes of at least 4 members (excludes halogenated alkanes) is 1. The highest BCUT2D eigenvalue weighted by Gasteiger charge is 2.05. The van der Waals surface area contributed by atoms with Gasteiger partial charge in [-0.3, -0.25) is 4.79 Å². The molecule has 2 rings (SSSR count). The summed E-state index contributed by atoms with van der Waals surface area (Å²) in [6, 6.07) is 9.89. The number of aryl methyl sites for hydroxylation is 1. The number of carbonyl (C=O) groups is 1. The summed E-state index contributed by atoms with van der Waals surface area (Å²) < 4.78 is 12.8. The predicted molar refractivity (Wildman–Crippen MR) is 86.4 cm³/mol. The second-order valence-electron chi connectivity index (χ2n) is 4.72. The first-order valence-electron chi connectivity index (χ1n) is 7.00. The first-order valence-corrected chi connectivity index (χ1v) is 7.82. The largest absolute Gasteiger partial charge is 0.362 e. The third-order valence-electron chi connectivity index (χ3n) is 3.01. The van der Waals surface area contributed by atoms with E-state index in [1.807, 2.05) is 12.1 Å². The summed E-state index contributed by atoms with van der Waals surface area (Å²) >= 11 is 1.55. The van der Waals surface area contributed by atoms with Crippen LogP contribution in [0.2, 0.25) is 0 Å². The number of benzene rings is 1. The Bertz CT molecular complexity index is 616. The van der Waals surface area contributed by atoms with Crippen LogP contribution < -0.4 is 5.32 Å². The van der Waals surface area contributed by atoms with Crippen LogP contribution in [-0.4, -0.2) is 5.78 Å². The van der Waals surface area contributed by atoms with Gasteiger partial charge in [-0.25, -0.2) is 4.39 Å². The Balaban J connectivity index is 1.89. The Labute approximate surface area is 128 Å². The summed E-state index contributed by atoms with van der Waals surface area (Å²) in [5, 5.41) is 2.95. The fourth-order valence-electron chi connectivity index (χ4n) is 1.84. The first kappa shape index (κ1) is 15.4. The second kappa shape index (κ2) is 7.74. The standard InChI is InChI=1S/C17H18FNOS/c1-2-3-4-15-9-10-17(21-15)16(20)11-12-19-14-7-5-13(18)6-8-14/h5-12,19H,2-4H2,1H3/b12-11-. The number of hydrogen-bond acceptors (Lipinski definition) is 3. The van der Waals surface area contributed by atoms with Crippen molar-refractivity contribution >= 4 is 22.8 Å². The molecule has 1 aromatic heterocycles. The number of nitrogens with one attached hydrogen (secondary N) is 1. The van der Waals surface area contributed by atoms with Crippen LogP contribution in [0.15, 0.2) is 48.7 Å². The molecule has 0 unspecified atom stereocenters. The molecule has 1 aromatic carbocycles. The van der Waals surface area contributed by atoms with Crippen LogP contribution in [0, 0.1) is 5.82 Å². The van der Waals surface area contributed by atoms with Gasteiger partial charge < -0.3 is 5.32 Å². The highest BCUT2D eigenvalue weighted by Crippen LogP contribution is 2.19. The van der Waals surface area contributed by atoms with Gasteiger partial charge in [0, 0.05) is 22.8 Å². The Hall–Kier alpha value is -1.94. The van der Waals surface area contributed by atoms with E-state index in [9.17, 15) is 9.18 Å². The molecule has 0 atom stereocenters. The van der Waals surface area contributed by atoms with E-state index < -0.39 is 0 Å². The number of hydrogen-bond donors (Lipinski definition) is 1. The Morgan fingerprint density at radius 3 is 2.71 bits per heavy atom. The van der Waals surface area contributed by atoms with Gasteiger partial charge in [-0.05, 0) is 49.2 Å². The van der Waals surface area contributed by atoms with Crippen molar-refractivity contribution in [1.82, 2.24) is 0 Å². The van der Waals surface area contributed by atoms with Gasteiger partial charge in [0.1, 0.15) is 5.82 Å². The van der Waals surface area contributed by atoms with Gasteiger partial charge in [-0.1, -0.05) is 13.3 Å². The average Bonchev–Trinajstić information content (AvgIpc) is 2.96. The van der Waals surface area contributed by atoms with Crippen molar-refractivity contribution in [2.24, 2.45) is 0 Å². The minimum absolute atomic E-state index is 0.0163. The summed E-state index contributed by atoms with van der Waals surface area (Å²) in [4.78, 5) is 14.0. The molecule has 2 aromatic rings. The van der Waals surface area contributed by atoms with E-state index in [0.29, 0.717) is 0 Å². The SMILES string of the molecule is CCCCc1ccc(C(=O)/C=C\Nc2ccc(F)cc2)s1. The van der Waals surface area contributed by atoms with E-state index in [0.717, 1.165) is 29.8 Å². The minimum Gasteiger partial charge on any atom is -0.362 e. The summed E-state index contributed by atoms with van der Waals surface area (Å²) in [7, 11) is 0. The lowest BCUT2D eigenvalue weighted by molar-refractivity contribution is 0.105. The van der Waals surface area contributed by atoms with Crippen LogP contribution in [0.25, 0.3) is 0 Å². The summed E-state index contributed by atoms with van der Waals surface area (Å²) in [6.07, 6.45) is 6.42. The van der Waals surface area contributed by atoms with Crippen molar-refractivity contribution in [3.63, 3.8) is 0 Å². The van der Waals surface area contributed by atoms with Crippen molar-refractivity contribution in [1.29, 1.82) is 0 Å². The summed E-state index contributed by atoms with van der Waals surface area (Å²) in [5.41, 5.74) is 0.746. The third-order valence-corrected chi connectivity index (χ3v) is 4.17. The maximum absolute atomic E-state index is 12.8. The molecule has 0 saturated carbocycles. The van der Waals surface area contributed by atoms with Gasteiger partial charge in [-0.15, -0.1) is 11.3 Å². The highest BCUT2D eigenvalue weighted by molar-refractivity contribution is 7.14. The number of halogens is 1.